The molecule has 5 heteroatoms. The van der Waals surface area contributed by atoms with Crippen molar-refractivity contribution in [3.63, 3.8) is 0 Å². The average molecular weight is 240 g/mol. The molecule has 0 aliphatic carbocycles. The van der Waals surface area contributed by atoms with Crippen LogP contribution in [-0.4, -0.2) is 19.1 Å². The van der Waals surface area contributed by atoms with E-state index in [1.165, 1.54) is 13.2 Å². The SMILES string of the molecule is COc1cccc(F)c1C(C)NC(=O)[C@@H](C)N. The minimum atomic E-state index is -0.629. The van der Waals surface area contributed by atoms with Gasteiger partial charge in [0.25, 0.3) is 0 Å². The van der Waals surface area contributed by atoms with Crippen molar-refractivity contribution >= 4 is 5.91 Å². The standard InChI is InChI=1S/C12H17FN2O2/c1-7(14)12(16)15-8(2)11-9(13)5-4-6-10(11)17-3/h4-8H,14H2,1-3H3,(H,15,16)/t7-,8?/m1/s1. The van der Waals surface area contributed by atoms with Gasteiger partial charge in [0.1, 0.15) is 11.6 Å². The maximum absolute atomic E-state index is 13.7. The molecule has 0 aromatic heterocycles. The molecule has 2 atom stereocenters. The zero-order valence-electron chi connectivity index (χ0n) is 10.2. The molecule has 1 aromatic carbocycles. The van der Waals surface area contributed by atoms with E-state index in [1.54, 1.807) is 26.0 Å². The number of hydrogen-bond donors (Lipinski definition) is 2. The third-order valence-electron chi connectivity index (χ3n) is 2.44. The number of halogens is 1. The number of ether oxygens (including phenoxy) is 1. The number of carbonyl (C=O) groups is 1. The fraction of sp³-hybridized carbons (Fsp3) is 0.417. The molecule has 0 bridgehead atoms. The second-order valence-corrected chi connectivity index (χ2v) is 3.87. The number of rotatable bonds is 4. The highest BCUT2D eigenvalue weighted by molar-refractivity contribution is 5.81. The van der Waals surface area contributed by atoms with Gasteiger partial charge in [0.2, 0.25) is 5.91 Å². The Morgan fingerprint density at radius 2 is 2.12 bits per heavy atom. The van der Waals surface area contributed by atoms with Gasteiger partial charge in [-0.1, -0.05) is 6.07 Å². The molecule has 0 heterocycles. The number of nitrogens with two attached hydrogens (primary N) is 1. The molecule has 1 unspecified atom stereocenters. The van der Waals surface area contributed by atoms with Gasteiger partial charge in [-0.05, 0) is 26.0 Å². The lowest BCUT2D eigenvalue weighted by Crippen LogP contribution is -2.39. The summed E-state index contributed by atoms with van der Waals surface area (Å²) in [4.78, 5) is 11.4. The second-order valence-electron chi connectivity index (χ2n) is 3.87. The Morgan fingerprint density at radius 3 is 2.65 bits per heavy atom. The Labute approximate surface area is 100.0 Å². The van der Waals surface area contributed by atoms with Crippen LogP contribution in [0.2, 0.25) is 0 Å². The molecular weight excluding hydrogens is 223 g/mol. The highest BCUT2D eigenvalue weighted by atomic mass is 19.1. The van der Waals surface area contributed by atoms with Gasteiger partial charge in [-0.3, -0.25) is 4.79 Å². The summed E-state index contributed by atoms with van der Waals surface area (Å²) >= 11 is 0. The smallest absolute Gasteiger partial charge is 0.237 e. The van der Waals surface area contributed by atoms with Crippen LogP contribution in [-0.2, 0) is 4.79 Å². The van der Waals surface area contributed by atoms with E-state index >= 15 is 0 Å². The molecule has 1 aromatic rings. The van der Waals surface area contributed by atoms with E-state index in [4.69, 9.17) is 10.5 Å². The molecule has 0 saturated carbocycles. The number of benzene rings is 1. The van der Waals surface area contributed by atoms with Crippen LogP contribution in [0.5, 0.6) is 5.75 Å². The van der Waals surface area contributed by atoms with Gasteiger partial charge < -0.3 is 15.8 Å². The summed E-state index contributed by atoms with van der Waals surface area (Å²) in [5.41, 5.74) is 5.76. The van der Waals surface area contributed by atoms with Gasteiger partial charge in [-0.15, -0.1) is 0 Å². The second kappa shape index (κ2) is 5.63. The molecule has 1 rings (SSSR count). The van der Waals surface area contributed by atoms with Gasteiger partial charge in [0.15, 0.2) is 0 Å². The van der Waals surface area contributed by atoms with Gasteiger partial charge in [-0.2, -0.15) is 0 Å². The average Bonchev–Trinajstić information content (AvgIpc) is 2.27. The molecule has 17 heavy (non-hydrogen) atoms. The van der Waals surface area contributed by atoms with E-state index < -0.39 is 17.9 Å². The quantitative estimate of drug-likeness (QED) is 0.835. The van der Waals surface area contributed by atoms with Gasteiger partial charge >= 0.3 is 0 Å². The predicted octanol–water partition coefficient (Wildman–Crippen LogP) is 1.36. The van der Waals surface area contributed by atoms with Crippen molar-refractivity contribution in [2.45, 2.75) is 25.9 Å². The fourth-order valence-corrected chi connectivity index (χ4v) is 1.53. The minimum absolute atomic E-state index is 0.323. The monoisotopic (exact) mass is 240 g/mol. The molecule has 94 valence electrons. The number of carbonyl (C=O) groups excluding carboxylic acids is 1. The zero-order valence-corrected chi connectivity index (χ0v) is 10.2. The summed E-state index contributed by atoms with van der Waals surface area (Å²) in [5.74, 6) is -0.341. The van der Waals surface area contributed by atoms with Crippen molar-refractivity contribution in [3.05, 3.63) is 29.6 Å². The lowest BCUT2D eigenvalue weighted by molar-refractivity contribution is -0.122. The normalized spacial score (nSPS) is 13.9. The van der Waals surface area contributed by atoms with Crippen molar-refractivity contribution in [1.29, 1.82) is 0 Å². The van der Waals surface area contributed by atoms with Crippen LogP contribution in [0.3, 0.4) is 0 Å². The summed E-state index contributed by atoms with van der Waals surface area (Å²) in [6.45, 7) is 3.25. The Kier molecular flexibility index (Phi) is 4.45. The van der Waals surface area contributed by atoms with Crippen molar-refractivity contribution < 1.29 is 13.9 Å². The number of nitrogens with one attached hydrogen (secondary N) is 1. The topological polar surface area (TPSA) is 64.3 Å². The minimum Gasteiger partial charge on any atom is -0.496 e. The number of methoxy groups -OCH3 is 1. The Balaban J connectivity index is 2.95. The molecule has 0 aliphatic rings. The van der Waals surface area contributed by atoms with E-state index in [0.29, 0.717) is 11.3 Å². The van der Waals surface area contributed by atoms with E-state index in [-0.39, 0.29) is 5.91 Å². The first-order valence-electron chi connectivity index (χ1n) is 5.35. The first-order valence-corrected chi connectivity index (χ1v) is 5.35. The maximum Gasteiger partial charge on any atom is 0.237 e. The van der Waals surface area contributed by atoms with Gasteiger partial charge in [0, 0.05) is 0 Å². The van der Waals surface area contributed by atoms with Crippen LogP contribution in [0.4, 0.5) is 4.39 Å². The highest BCUT2D eigenvalue weighted by Gasteiger charge is 2.19. The van der Waals surface area contributed by atoms with Crippen LogP contribution >= 0.6 is 0 Å². The Morgan fingerprint density at radius 1 is 1.47 bits per heavy atom. The van der Waals surface area contributed by atoms with Crippen LogP contribution < -0.4 is 15.8 Å². The highest BCUT2D eigenvalue weighted by Crippen LogP contribution is 2.27. The van der Waals surface area contributed by atoms with Crippen molar-refractivity contribution in [2.24, 2.45) is 5.73 Å². The van der Waals surface area contributed by atoms with Gasteiger partial charge in [0.05, 0.1) is 24.8 Å². The summed E-state index contributed by atoms with van der Waals surface area (Å²) in [6, 6.07) is 3.40. The van der Waals surface area contributed by atoms with Crippen LogP contribution in [0.25, 0.3) is 0 Å². The van der Waals surface area contributed by atoms with E-state index in [2.05, 4.69) is 5.32 Å². The van der Waals surface area contributed by atoms with Crippen molar-refractivity contribution in [3.8, 4) is 5.75 Å². The summed E-state index contributed by atoms with van der Waals surface area (Å²) in [7, 11) is 1.46. The lowest BCUT2D eigenvalue weighted by Gasteiger charge is -2.19. The number of hydrogen-bond acceptors (Lipinski definition) is 3. The van der Waals surface area contributed by atoms with Gasteiger partial charge in [-0.25, -0.2) is 4.39 Å². The van der Waals surface area contributed by atoms with Crippen LogP contribution in [0.1, 0.15) is 25.5 Å². The zero-order chi connectivity index (χ0) is 13.0. The molecule has 3 N–H and O–H groups in total. The van der Waals surface area contributed by atoms with Crippen molar-refractivity contribution in [1.82, 2.24) is 5.32 Å². The molecule has 1 amide bonds. The molecular formula is C12H17FN2O2. The van der Waals surface area contributed by atoms with Crippen LogP contribution in [0.15, 0.2) is 18.2 Å². The molecule has 4 nitrogen and oxygen atoms in total. The molecule has 0 aliphatic heterocycles. The first kappa shape index (κ1) is 13.4. The predicted molar refractivity (Wildman–Crippen MR) is 63.2 cm³/mol. The summed E-state index contributed by atoms with van der Waals surface area (Å²) in [5, 5.41) is 2.63. The Bertz CT molecular complexity index is 407. The number of amides is 1. The maximum atomic E-state index is 13.7. The third kappa shape index (κ3) is 3.17. The summed E-state index contributed by atoms with van der Waals surface area (Å²) < 4.78 is 18.7. The van der Waals surface area contributed by atoms with E-state index in [1.807, 2.05) is 0 Å². The first-order chi connectivity index (χ1) is 7.97. The third-order valence-corrected chi connectivity index (χ3v) is 2.44. The van der Waals surface area contributed by atoms with E-state index in [0.717, 1.165) is 0 Å². The van der Waals surface area contributed by atoms with Crippen LogP contribution in [0, 0.1) is 5.82 Å². The molecule has 0 saturated heterocycles. The fourth-order valence-electron chi connectivity index (χ4n) is 1.53. The van der Waals surface area contributed by atoms with Crippen molar-refractivity contribution in [2.75, 3.05) is 7.11 Å². The molecule has 0 radical (unpaired) electrons. The largest absolute Gasteiger partial charge is 0.496 e. The Hall–Kier alpha value is -1.62. The summed E-state index contributed by atoms with van der Waals surface area (Å²) in [6.07, 6.45) is 0. The molecule has 0 spiro atoms. The lowest BCUT2D eigenvalue weighted by atomic mass is 10.1. The van der Waals surface area contributed by atoms with E-state index in [9.17, 15) is 9.18 Å². The molecule has 0 fully saturated rings.